The second-order valence-corrected chi connectivity index (χ2v) is 4.89. The van der Waals surface area contributed by atoms with Crippen molar-refractivity contribution in [2.24, 2.45) is 5.73 Å². The van der Waals surface area contributed by atoms with E-state index in [0.717, 1.165) is 10.0 Å². The van der Waals surface area contributed by atoms with Crippen molar-refractivity contribution < 1.29 is 14.6 Å². The fraction of sp³-hybridized carbons (Fsp3) is 0.364. The van der Waals surface area contributed by atoms with Gasteiger partial charge in [0, 0.05) is 4.47 Å². The van der Waals surface area contributed by atoms with Crippen LogP contribution in [0.4, 0.5) is 0 Å². The molecule has 0 aliphatic carbocycles. The fourth-order valence-electron chi connectivity index (χ4n) is 1.87. The van der Waals surface area contributed by atoms with Crippen LogP contribution >= 0.6 is 15.9 Å². The van der Waals surface area contributed by atoms with Crippen LogP contribution in [0.1, 0.15) is 5.56 Å². The Morgan fingerprint density at radius 3 is 2.38 bits per heavy atom. The zero-order valence-corrected chi connectivity index (χ0v) is 10.1. The summed E-state index contributed by atoms with van der Waals surface area (Å²) >= 11 is 3.34. The summed E-state index contributed by atoms with van der Waals surface area (Å²) in [5.41, 5.74) is 6.07. The monoisotopic (exact) mass is 285 g/mol. The van der Waals surface area contributed by atoms with E-state index >= 15 is 0 Å². The zero-order valence-electron chi connectivity index (χ0n) is 8.52. The highest BCUT2D eigenvalue weighted by Gasteiger charge is 2.48. The lowest BCUT2D eigenvalue weighted by molar-refractivity contribution is -0.148. The Labute approximate surface area is 102 Å². The fourth-order valence-corrected chi connectivity index (χ4v) is 2.13. The van der Waals surface area contributed by atoms with Crippen molar-refractivity contribution in [1.29, 1.82) is 0 Å². The van der Waals surface area contributed by atoms with Gasteiger partial charge in [0.2, 0.25) is 0 Å². The molecule has 1 aromatic rings. The third-order valence-electron chi connectivity index (χ3n) is 3.00. The standard InChI is InChI=1S/C11H12BrNO3/c12-8-3-1-7(2-4-8)11(5-16-6-11)9(13)10(14)15/h1-4,9H,5-6,13H2,(H,14,15). The summed E-state index contributed by atoms with van der Waals surface area (Å²) < 4.78 is 6.09. The van der Waals surface area contributed by atoms with E-state index in [-0.39, 0.29) is 0 Å². The van der Waals surface area contributed by atoms with Crippen molar-refractivity contribution in [3.63, 3.8) is 0 Å². The molecule has 2 rings (SSSR count). The van der Waals surface area contributed by atoms with Crippen LogP contribution in [0.15, 0.2) is 28.7 Å². The van der Waals surface area contributed by atoms with Gasteiger partial charge < -0.3 is 15.6 Å². The first-order valence-corrected chi connectivity index (χ1v) is 5.68. The van der Waals surface area contributed by atoms with Crippen LogP contribution in [-0.4, -0.2) is 30.3 Å². The number of nitrogens with two attached hydrogens (primary N) is 1. The van der Waals surface area contributed by atoms with Gasteiger partial charge in [0.1, 0.15) is 6.04 Å². The van der Waals surface area contributed by atoms with Gasteiger partial charge in [0.05, 0.1) is 18.6 Å². The molecule has 16 heavy (non-hydrogen) atoms. The van der Waals surface area contributed by atoms with Crippen LogP contribution in [0, 0.1) is 0 Å². The minimum atomic E-state index is -0.994. The topological polar surface area (TPSA) is 72.6 Å². The highest BCUT2D eigenvalue weighted by Crippen LogP contribution is 2.35. The van der Waals surface area contributed by atoms with Gasteiger partial charge >= 0.3 is 5.97 Å². The predicted octanol–water partition coefficient (Wildman–Crippen LogP) is 1.13. The highest BCUT2D eigenvalue weighted by atomic mass is 79.9. The van der Waals surface area contributed by atoms with E-state index in [9.17, 15) is 4.79 Å². The van der Waals surface area contributed by atoms with Crippen molar-refractivity contribution in [2.75, 3.05) is 13.2 Å². The number of ether oxygens (including phenoxy) is 1. The van der Waals surface area contributed by atoms with Crippen molar-refractivity contribution in [3.8, 4) is 0 Å². The molecule has 1 fully saturated rings. The molecule has 1 aromatic carbocycles. The van der Waals surface area contributed by atoms with Crippen molar-refractivity contribution in [3.05, 3.63) is 34.3 Å². The molecule has 1 atom stereocenters. The summed E-state index contributed by atoms with van der Waals surface area (Å²) in [6.07, 6.45) is 0. The number of carboxylic acid groups (broad SMARTS) is 1. The van der Waals surface area contributed by atoms with Gasteiger partial charge in [0.25, 0.3) is 0 Å². The van der Waals surface area contributed by atoms with E-state index in [1.807, 2.05) is 24.3 Å². The molecule has 86 valence electrons. The molecular formula is C11H12BrNO3. The van der Waals surface area contributed by atoms with E-state index in [1.54, 1.807) is 0 Å². The van der Waals surface area contributed by atoms with Gasteiger partial charge in [-0.2, -0.15) is 0 Å². The molecule has 3 N–H and O–H groups in total. The summed E-state index contributed by atoms with van der Waals surface area (Å²) in [5, 5.41) is 9.01. The Morgan fingerprint density at radius 1 is 1.44 bits per heavy atom. The van der Waals surface area contributed by atoms with Gasteiger partial charge in [-0.25, -0.2) is 0 Å². The predicted molar refractivity (Wildman–Crippen MR) is 62.3 cm³/mol. The highest BCUT2D eigenvalue weighted by molar-refractivity contribution is 9.10. The molecule has 0 amide bonds. The van der Waals surface area contributed by atoms with Gasteiger partial charge in [0.15, 0.2) is 0 Å². The third-order valence-corrected chi connectivity index (χ3v) is 3.53. The summed E-state index contributed by atoms with van der Waals surface area (Å²) in [4.78, 5) is 11.0. The third kappa shape index (κ3) is 1.75. The van der Waals surface area contributed by atoms with Crippen LogP contribution in [0.2, 0.25) is 0 Å². The number of aliphatic carboxylic acids is 1. The quantitative estimate of drug-likeness (QED) is 0.873. The number of carbonyl (C=O) groups is 1. The lowest BCUT2D eigenvalue weighted by Crippen LogP contribution is -2.61. The first-order valence-electron chi connectivity index (χ1n) is 4.88. The van der Waals surface area contributed by atoms with Gasteiger partial charge in [-0.15, -0.1) is 0 Å². The van der Waals surface area contributed by atoms with Gasteiger partial charge in [-0.1, -0.05) is 28.1 Å². The Morgan fingerprint density at radius 2 is 2.00 bits per heavy atom. The number of hydrogen-bond acceptors (Lipinski definition) is 3. The molecule has 0 radical (unpaired) electrons. The average molecular weight is 286 g/mol. The number of carboxylic acids is 1. The molecule has 1 aliphatic rings. The van der Waals surface area contributed by atoms with E-state index in [0.29, 0.717) is 13.2 Å². The van der Waals surface area contributed by atoms with Crippen LogP contribution in [0.5, 0.6) is 0 Å². The molecule has 0 spiro atoms. The van der Waals surface area contributed by atoms with Crippen molar-refractivity contribution in [2.45, 2.75) is 11.5 Å². The largest absolute Gasteiger partial charge is 0.480 e. The first-order chi connectivity index (χ1) is 7.56. The molecule has 1 unspecified atom stereocenters. The number of halogens is 1. The maximum Gasteiger partial charge on any atom is 0.321 e. The maximum atomic E-state index is 11.0. The molecule has 1 aliphatic heterocycles. The molecule has 5 heteroatoms. The average Bonchev–Trinajstić information content (AvgIpc) is 2.19. The maximum absolute atomic E-state index is 11.0. The Hall–Kier alpha value is -0.910. The second kappa shape index (κ2) is 4.16. The SMILES string of the molecule is NC(C(=O)O)C1(c2ccc(Br)cc2)COC1. The molecule has 0 bridgehead atoms. The first kappa shape index (κ1) is 11.6. The minimum absolute atomic E-state index is 0.363. The normalized spacial score (nSPS) is 19.9. The molecule has 0 aromatic heterocycles. The lowest BCUT2D eigenvalue weighted by Gasteiger charge is -2.44. The molecule has 0 saturated carbocycles. The van der Waals surface area contributed by atoms with Crippen LogP contribution in [0.25, 0.3) is 0 Å². The van der Waals surface area contributed by atoms with Crippen molar-refractivity contribution >= 4 is 21.9 Å². The Kier molecular flexibility index (Phi) is 3.01. The van der Waals surface area contributed by atoms with Crippen LogP contribution < -0.4 is 5.73 Å². The Balaban J connectivity index is 2.34. The number of rotatable bonds is 3. The summed E-state index contributed by atoms with van der Waals surface area (Å²) in [6.45, 7) is 0.726. The summed E-state index contributed by atoms with van der Waals surface area (Å²) in [5.74, 6) is -0.994. The zero-order chi connectivity index (χ0) is 11.8. The number of hydrogen-bond donors (Lipinski definition) is 2. The smallest absolute Gasteiger partial charge is 0.321 e. The van der Waals surface area contributed by atoms with Gasteiger partial charge in [-0.05, 0) is 17.7 Å². The molecule has 1 heterocycles. The lowest BCUT2D eigenvalue weighted by atomic mass is 9.73. The summed E-state index contributed by atoms with van der Waals surface area (Å²) in [7, 11) is 0. The molecular weight excluding hydrogens is 274 g/mol. The molecule has 1 saturated heterocycles. The number of benzene rings is 1. The Bertz CT molecular complexity index is 400. The summed E-state index contributed by atoms with van der Waals surface area (Å²) in [6, 6.07) is 6.60. The second-order valence-electron chi connectivity index (χ2n) is 3.97. The minimum Gasteiger partial charge on any atom is -0.480 e. The van der Waals surface area contributed by atoms with Crippen LogP contribution in [-0.2, 0) is 14.9 Å². The van der Waals surface area contributed by atoms with E-state index in [2.05, 4.69) is 15.9 Å². The van der Waals surface area contributed by atoms with Crippen molar-refractivity contribution in [1.82, 2.24) is 0 Å². The van der Waals surface area contributed by atoms with Crippen LogP contribution in [0.3, 0.4) is 0 Å². The van der Waals surface area contributed by atoms with E-state index < -0.39 is 17.4 Å². The van der Waals surface area contributed by atoms with E-state index in [1.165, 1.54) is 0 Å². The molecule has 4 nitrogen and oxygen atoms in total. The van der Waals surface area contributed by atoms with Gasteiger partial charge in [-0.3, -0.25) is 4.79 Å². The van der Waals surface area contributed by atoms with E-state index in [4.69, 9.17) is 15.6 Å².